The second-order valence-electron chi connectivity index (χ2n) is 9.57. The van der Waals surface area contributed by atoms with Gasteiger partial charge in [0.15, 0.2) is 0 Å². The summed E-state index contributed by atoms with van der Waals surface area (Å²) < 4.78 is 6.26. The zero-order chi connectivity index (χ0) is 25.9. The molecule has 0 spiro atoms. The Labute approximate surface area is 210 Å². The number of aryl methyl sites for hydroxylation is 3. The molecular weight excluding hydrogens is 454 g/mol. The van der Waals surface area contributed by atoms with Gasteiger partial charge in [-0.3, -0.25) is 0 Å². The molecule has 36 heavy (non-hydrogen) atoms. The molecule has 3 aromatic rings. The summed E-state index contributed by atoms with van der Waals surface area (Å²) in [5.41, 5.74) is 11.9. The van der Waals surface area contributed by atoms with E-state index in [9.17, 15) is 9.59 Å². The van der Waals surface area contributed by atoms with Crippen molar-refractivity contribution in [2.24, 2.45) is 15.7 Å². The van der Waals surface area contributed by atoms with E-state index in [0.29, 0.717) is 24.6 Å². The number of hydrogen-bond donors (Lipinski definition) is 1. The van der Waals surface area contributed by atoms with Crippen molar-refractivity contribution in [3.05, 3.63) is 81.6 Å². The lowest BCUT2D eigenvalue weighted by Gasteiger charge is -2.35. The lowest BCUT2D eigenvalue weighted by atomic mass is 9.68. The topological polar surface area (TPSA) is 124 Å². The lowest BCUT2D eigenvalue weighted by Crippen LogP contribution is -2.37. The Hall–Kier alpha value is -3.70. The van der Waals surface area contributed by atoms with Gasteiger partial charge in [-0.15, -0.1) is 10.2 Å². The van der Waals surface area contributed by atoms with Gasteiger partial charge in [0, 0.05) is 12.5 Å². The number of isocyanates is 2. The molecule has 1 aliphatic rings. The number of fused-ring (bicyclic) bond motifs is 2. The van der Waals surface area contributed by atoms with E-state index in [1.165, 1.54) is 0 Å². The summed E-state index contributed by atoms with van der Waals surface area (Å²) in [5, 5.41) is 8.84. The van der Waals surface area contributed by atoms with E-state index in [-0.39, 0.29) is 18.1 Å². The molecule has 0 radical (unpaired) electrons. The molecule has 0 bridgehead atoms. The summed E-state index contributed by atoms with van der Waals surface area (Å²) in [6, 6.07) is 11.6. The molecule has 4 rings (SSSR count). The van der Waals surface area contributed by atoms with Crippen LogP contribution in [-0.4, -0.2) is 28.4 Å². The third-order valence-corrected chi connectivity index (χ3v) is 7.06. The van der Waals surface area contributed by atoms with Crippen LogP contribution in [0.2, 0.25) is 0 Å². The zero-order valence-corrected chi connectivity index (χ0v) is 21.1. The second kappa shape index (κ2) is 10.5. The highest BCUT2D eigenvalue weighted by molar-refractivity contribution is 5.56. The number of hydrogen-bond acceptors (Lipinski definition) is 8. The van der Waals surface area contributed by atoms with Crippen molar-refractivity contribution < 1.29 is 14.0 Å². The van der Waals surface area contributed by atoms with Crippen LogP contribution >= 0.6 is 0 Å². The maximum Gasteiger partial charge on any atom is 0.235 e. The van der Waals surface area contributed by atoms with Crippen LogP contribution in [0.4, 0.5) is 0 Å². The summed E-state index contributed by atoms with van der Waals surface area (Å²) in [6.45, 7) is 7.71. The maximum atomic E-state index is 10.9. The SMILES string of the molecule is CCc1nnc(C2(C[C@@H](C)N)c3ccc(C(C)N=C=O)cc3CCc3cc(C(C)N=C=O)ccc32)o1. The first-order valence-electron chi connectivity index (χ1n) is 12.3. The highest BCUT2D eigenvalue weighted by Crippen LogP contribution is 2.48. The van der Waals surface area contributed by atoms with Crippen LogP contribution < -0.4 is 5.73 Å². The number of benzene rings is 2. The molecule has 0 saturated carbocycles. The molecule has 186 valence electrons. The smallest absolute Gasteiger partial charge is 0.235 e. The first-order chi connectivity index (χ1) is 17.3. The highest BCUT2D eigenvalue weighted by Gasteiger charge is 2.46. The molecule has 0 fully saturated rings. The quantitative estimate of drug-likeness (QED) is 0.367. The van der Waals surface area contributed by atoms with Crippen LogP contribution in [0.3, 0.4) is 0 Å². The molecule has 1 heterocycles. The standard InChI is InChI=1S/C28H31N5O3/c1-5-26-32-33-27(36-26)28(14-17(2)29)24-10-8-20(18(3)30-15-34)12-22(24)6-7-23-13-21(9-11-25(23)28)19(4)31-16-35/h8-13,17-19H,5-7,14,29H2,1-4H3/t17-,18?,19?,28?/m1/s1. The molecule has 2 N–H and O–H groups in total. The Morgan fingerprint density at radius 1 is 0.944 bits per heavy atom. The zero-order valence-electron chi connectivity index (χ0n) is 21.1. The van der Waals surface area contributed by atoms with Gasteiger partial charge in [-0.1, -0.05) is 43.3 Å². The largest absolute Gasteiger partial charge is 0.424 e. The minimum Gasteiger partial charge on any atom is -0.424 e. The van der Waals surface area contributed by atoms with Gasteiger partial charge in [0.05, 0.1) is 12.1 Å². The van der Waals surface area contributed by atoms with Gasteiger partial charge >= 0.3 is 0 Å². The highest BCUT2D eigenvalue weighted by atomic mass is 16.4. The van der Waals surface area contributed by atoms with E-state index in [4.69, 9.17) is 10.2 Å². The van der Waals surface area contributed by atoms with Gasteiger partial charge in [0.2, 0.25) is 23.9 Å². The number of nitrogens with zero attached hydrogens (tertiary/aromatic N) is 4. The fourth-order valence-corrected chi connectivity index (χ4v) is 5.30. The predicted molar refractivity (Wildman–Crippen MR) is 135 cm³/mol. The molecule has 2 aromatic carbocycles. The first-order valence-corrected chi connectivity index (χ1v) is 12.3. The Morgan fingerprint density at radius 2 is 1.47 bits per heavy atom. The van der Waals surface area contributed by atoms with Crippen LogP contribution in [0.1, 0.15) is 91.4 Å². The molecule has 1 aromatic heterocycles. The number of nitrogens with two attached hydrogens (primary N) is 1. The molecule has 8 nitrogen and oxygen atoms in total. The minimum absolute atomic E-state index is 0.169. The summed E-state index contributed by atoms with van der Waals surface area (Å²) in [5.74, 6) is 1.08. The van der Waals surface area contributed by atoms with Crippen LogP contribution in [-0.2, 0) is 34.3 Å². The average Bonchev–Trinajstić information content (AvgIpc) is 3.31. The average molecular weight is 486 g/mol. The van der Waals surface area contributed by atoms with Crippen molar-refractivity contribution in [2.75, 3.05) is 0 Å². The third kappa shape index (κ3) is 4.59. The molecule has 3 atom stereocenters. The number of rotatable bonds is 8. The van der Waals surface area contributed by atoms with E-state index in [1.54, 1.807) is 12.2 Å². The molecule has 0 amide bonds. The van der Waals surface area contributed by atoms with Gasteiger partial charge in [0.1, 0.15) is 5.41 Å². The van der Waals surface area contributed by atoms with Crippen molar-refractivity contribution in [1.82, 2.24) is 10.2 Å². The van der Waals surface area contributed by atoms with Gasteiger partial charge in [-0.25, -0.2) is 9.59 Å². The number of carbonyl (C=O) groups excluding carboxylic acids is 2. The monoisotopic (exact) mass is 485 g/mol. The summed E-state index contributed by atoms with van der Waals surface area (Å²) in [6.07, 6.45) is 6.04. The maximum absolute atomic E-state index is 10.9. The van der Waals surface area contributed by atoms with E-state index in [1.807, 2.05) is 39.8 Å². The molecule has 0 saturated heterocycles. The molecular formula is C28H31N5O3. The Morgan fingerprint density at radius 3 is 1.89 bits per heavy atom. The number of aromatic nitrogens is 2. The van der Waals surface area contributed by atoms with Crippen molar-refractivity contribution in [3.8, 4) is 0 Å². The normalized spacial score (nSPS) is 19.0. The van der Waals surface area contributed by atoms with E-state index < -0.39 is 5.41 Å². The molecule has 8 heteroatoms. The fraction of sp³-hybridized carbons (Fsp3) is 0.429. The van der Waals surface area contributed by atoms with Crippen molar-refractivity contribution >= 4 is 12.2 Å². The molecule has 2 unspecified atom stereocenters. The third-order valence-electron chi connectivity index (χ3n) is 7.06. The van der Waals surface area contributed by atoms with Gasteiger partial charge in [-0.2, -0.15) is 9.98 Å². The van der Waals surface area contributed by atoms with Crippen molar-refractivity contribution in [1.29, 1.82) is 0 Å². The predicted octanol–water partition coefficient (Wildman–Crippen LogP) is 4.60. The van der Waals surface area contributed by atoms with Crippen LogP contribution in [0.25, 0.3) is 0 Å². The van der Waals surface area contributed by atoms with Crippen LogP contribution in [0.15, 0.2) is 50.8 Å². The Kier molecular flexibility index (Phi) is 7.41. The Balaban J connectivity index is 2.03. The van der Waals surface area contributed by atoms with Gasteiger partial charge < -0.3 is 10.2 Å². The minimum atomic E-state index is -0.763. The Bertz CT molecular complexity index is 1270. The summed E-state index contributed by atoms with van der Waals surface area (Å²) in [4.78, 5) is 29.6. The first kappa shape index (κ1) is 25.4. The van der Waals surface area contributed by atoms with Crippen molar-refractivity contribution in [3.63, 3.8) is 0 Å². The van der Waals surface area contributed by atoms with Crippen molar-refractivity contribution in [2.45, 2.75) is 76.9 Å². The molecule has 0 aliphatic heterocycles. The fourth-order valence-electron chi connectivity index (χ4n) is 5.30. The lowest BCUT2D eigenvalue weighted by molar-refractivity contribution is 0.361. The van der Waals surface area contributed by atoms with E-state index >= 15 is 0 Å². The van der Waals surface area contributed by atoms with Crippen LogP contribution in [0, 0.1) is 0 Å². The second-order valence-corrected chi connectivity index (χ2v) is 9.57. The molecule has 1 aliphatic carbocycles. The summed E-state index contributed by atoms with van der Waals surface area (Å²) >= 11 is 0. The summed E-state index contributed by atoms with van der Waals surface area (Å²) in [7, 11) is 0. The van der Waals surface area contributed by atoms with Gasteiger partial charge in [0.25, 0.3) is 0 Å². The van der Waals surface area contributed by atoms with E-state index in [2.05, 4.69) is 44.4 Å². The van der Waals surface area contributed by atoms with Crippen LogP contribution in [0.5, 0.6) is 0 Å². The number of aliphatic imine (C=N–C) groups is 2. The van der Waals surface area contributed by atoms with Gasteiger partial charge in [-0.05, 0) is 73.4 Å². The van der Waals surface area contributed by atoms with E-state index in [0.717, 1.165) is 46.2 Å².